The number of amides is 1. The average molecular weight is 290 g/mol. The Labute approximate surface area is 123 Å². The van der Waals surface area contributed by atoms with Crippen LogP contribution < -0.4 is 11.1 Å². The minimum absolute atomic E-state index is 0.269. The Balaban J connectivity index is 2.05. The first-order chi connectivity index (χ1) is 9.58. The van der Waals surface area contributed by atoms with E-state index in [2.05, 4.69) is 10.3 Å². The zero-order chi connectivity index (χ0) is 14.5. The molecule has 1 amide bonds. The second-order valence-corrected chi connectivity index (χ2v) is 4.94. The van der Waals surface area contributed by atoms with Crippen molar-refractivity contribution in [2.24, 2.45) is 5.73 Å². The van der Waals surface area contributed by atoms with Gasteiger partial charge in [-0.2, -0.15) is 0 Å². The Hall–Kier alpha value is -1.91. The van der Waals surface area contributed by atoms with Crippen molar-refractivity contribution in [3.8, 4) is 0 Å². The second-order valence-electron chi connectivity index (χ2n) is 4.58. The number of nitrogens with zero attached hydrogens (tertiary/aromatic N) is 1. The molecule has 1 heterocycles. The second kappa shape index (κ2) is 6.50. The van der Waals surface area contributed by atoms with E-state index in [1.807, 2.05) is 37.3 Å². The van der Waals surface area contributed by atoms with E-state index in [0.29, 0.717) is 12.1 Å². The first-order valence-electron chi connectivity index (χ1n) is 6.29. The van der Waals surface area contributed by atoms with E-state index in [1.54, 1.807) is 12.3 Å². The highest BCUT2D eigenvalue weighted by molar-refractivity contribution is 6.32. The first-order valence-corrected chi connectivity index (χ1v) is 6.67. The molecule has 0 radical (unpaired) electrons. The van der Waals surface area contributed by atoms with Gasteiger partial charge in [-0.1, -0.05) is 41.9 Å². The van der Waals surface area contributed by atoms with Gasteiger partial charge in [0, 0.05) is 6.20 Å². The molecule has 104 valence electrons. The SMILES string of the molecule is Cc1ccnc(Cl)c1NC(=O)C(N)Cc1ccccc1. The lowest BCUT2D eigenvalue weighted by atomic mass is 10.1. The molecule has 3 N–H and O–H groups in total. The highest BCUT2D eigenvalue weighted by Crippen LogP contribution is 2.22. The number of carbonyl (C=O) groups excluding carboxylic acids is 1. The van der Waals surface area contributed by atoms with Crippen LogP contribution in [0.1, 0.15) is 11.1 Å². The summed E-state index contributed by atoms with van der Waals surface area (Å²) in [5, 5.41) is 3.01. The minimum atomic E-state index is -0.631. The summed E-state index contributed by atoms with van der Waals surface area (Å²) < 4.78 is 0. The average Bonchev–Trinajstić information content (AvgIpc) is 2.44. The summed E-state index contributed by atoms with van der Waals surface area (Å²) in [4.78, 5) is 16.0. The summed E-state index contributed by atoms with van der Waals surface area (Å²) in [5.41, 5.74) is 8.31. The molecule has 0 aliphatic carbocycles. The highest BCUT2D eigenvalue weighted by Gasteiger charge is 2.16. The molecule has 0 fully saturated rings. The molecule has 2 aromatic rings. The monoisotopic (exact) mass is 289 g/mol. The van der Waals surface area contributed by atoms with Crippen molar-refractivity contribution in [3.63, 3.8) is 0 Å². The molecule has 0 aliphatic rings. The largest absolute Gasteiger partial charge is 0.322 e. The summed E-state index contributed by atoms with van der Waals surface area (Å²) in [7, 11) is 0. The van der Waals surface area contributed by atoms with E-state index < -0.39 is 6.04 Å². The maximum absolute atomic E-state index is 12.1. The third-order valence-corrected chi connectivity index (χ3v) is 3.28. The number of nitrogens with two attached hydrogens (primary N) is 1. The van der Waals surface area contributed by atoms with Crippen LogP contribution in [0.2, 0.25) is 5.15 Å². The Morgan fingerprint density at radius 1 is 1.35 bits per heavy atom. The van der Waals surface area contributed by atoms with E-state index in [1.165, 1.54) is 0 Å². The van der Waals surface area contributed by atoms with Crippen molar-refractivity contribution in [2.45, 2.75) is 19.4 Å². The Bertz CT molecular complexity index is 581. The van der Waals surface area contributed by atoms with Gasteiger partial charge >= 0.3 is 0 Å². The van der Waals surface area contributed by atoms with Crippen molar-refractivity contribution in [1.82, 2.24) is 4.98 Å². The molecule has 1 unspecified atom stereocenters. The lowest BCUT2D eigenvalue weighted by Crippen LogP contribution is -2.37. The van der Waals surface area contributed by atoms with E-state index in [9.17, 15) is 4.79 Å². The molecule has 0 saturated heterocycles. The number of pyridine rings is 1. The van der Waals surface area contributed by atoms with Crippen LogP contribution in [0.25, 0.3) is 0 Å². The zero-order valence-corrected chi connectivity index (χ0v) is 11.9. The van der Waals surface area contributed by atoms with Crippen molar-refractivity contribution in [2.75, 3.05) is 5.32 Å². The van der Waals surface area contributed by atoms with Crippen molar-refractivity contribution in [3.05, 3.63) is 58.9 Å². The molecular weight excluding hydrogens is 274 g/mol. The van der Waals surface area contributed by atoms with Crippen LogP contribution in [-0.4, -0.2) is 16.9 Å². The zero-order valence-electron chi connectivity index (χ0n) is 11.1. The maximum atomic E-state index is 12.1. The Morgan fingerprint density at radius 3 is 2.70 bits per heavy atom. The lowest BCUT2D eigenvalue weighted by Gasteiger charge is -2.14. The van der Waals surface area contributed by atoms with Crippen LogP contribution in [0.3, 0.4) is 0 Å². The molecule has 4 nitrogen and oxygen atoms in total. The molecule has 1 aromatic carbocycles. The lowest BCUT2D eigenvalue weighted by molar-refractivity contribution is -0.117. The molecule has 0 saturated carbocycles. The van der Waals surface area contributed by atoms with Gasteiger partial charge < -0.3 is 11.1 Å². The molecule has 0 spiro atoms. The fourth-order valence-corrected chi connectivity index (χ4v) is 2.10. The minimum Gasteiger partial charge on any atom is -0.322 e. The number of carbonyl (C=O) groups is 1. The fraction of sp³-hybridized carbons (Fsp3) is 0.200. The molecule has 1 atom stereocenters. The summed E-state index contributed by atoms with van der Waals surface area (Å²) >= 11 is 5.97. The van der Waals surface area contributed by atoms with Crippen LogP contribution in [0.5, 0.6) is 0 Å². The summed E-state index contributed by atoms with van der Waals surface area (Å²) in [6.07, 6.45) is 2.07. The summed E-state index contributed by atoms with van der Waals surface area (Å²) in [6, 6.07) is 10.8. The molecule has 5 heteroatoms. The molecule has 0 aliphatic heterocycles. The number of halogens is 1. The van der Waals surface area contributed by atoms with Gasteiger partial charge in [-0.15, -0.1) is 0 Å². The fourth-order valence-electron chi connectivity index (χ4n) is 1.85. The van der Waals surface area contributed by atoms with Crippen molar-refractivity contribution < 1.29 is 4.79 Å². The quantitative estimate of drug-likeness (QED) is 0.850. The van der Waals surface area contributed by atoms with Gasteiger partial charge in [0.2, 0.25) is 5.91 Å². The number of benzene rings is 1. The molecule has 2 rings (SSSR count). The number of rotatable bonds is 4. The first kappa shape index (κ1) is 14.5. The highest BCUT2D eigenvalue weighted by atomic mass is 35.5. The van der Waals surface area contributed by atoms with Gasteiger partial charge in [-0.05, 0) is 30.5 Å². The van der Waals surface area contributed by atoms with E-state index in [4.69, 9.17) is 17.3 Å². The van der Waals surface area contributed by atoms with Crippen LogP contribution in [0.15, 0.2) is 42.6 Å². The van der Waals surface area contributed by atoms with Crippen LogP contribution >= 0.6 is 11.6 Å². The number of hydrogen-bond donors (Lipinski definition) is 2. The van der Waals surface area contributed by atoms with Gasteiger partial charge in [-0.3, -0.25) is 4.79 Å². The van der Waals surface area contributed by atoms with Gasteiger partial charge in [0.1, 0.15) is 0 Å². The normalized spacial score (nSPS) is 11.9. The Morgan fingerprint density at radius 2 is 2.05 bits per heavy atom. The number of hydrogen-bond acceptors (Lipinski definition) is 3. The molecule has 1 aromatic heterocycles. The van der Waals surface area contributed by atoms with Crippen molar-refractivity contribution in [1.29, 1.82) is 0 Å². The summed E-state index contributed by atoms with van der Waals surface area (Å²) in [6.45, 7) is 1.85. The van der Waals surface area contributed by atoms with Gasteiger partial charge in [0.25, 0.3) is 0 Å². The molecular formula is C15H16ClN3O. The number of anilines is 1. The summed E-state index contributed by atoms with van der Waals surface area (Å²) in [5.74, 6) is -0.271. The van der Waals surface area contributed by atoms with E-state index in [0.717, 1.165) is 11.1 Å². The Kier molecular flexibility index (Phi) is 4.71. The predicted molar refractivity (Wildman–Crippen MR) is 80.7 cm³/mol. The van der Waals surface area contributed by atoms with Crippen molar-refractivity contribution >= 4 is 23.2 Å². The molecule has 20 heavy (non-hydrogen) atoms. The van der Waals surface area contributed by atoms with Gasteiger partial charge in [-0.25, -0.2) is 4.98 Å². The van der Waals surface area contributed by atoms with Crippen LogP contribution in [-0.2, 0) is 11.2 Å². The smallest absolute Gasteiger partial charge is 0.241 e. The number of aromatic nitrogens is 1. The van der Waals surface area contributed by atoms with Gasteiger partial charge in [0.05, 0.1) is 11.7 Å². The van der Waals surface area contributed by atoms with E-state index >= 15 is 0 Å². The standard InChI is InChI=1S/C15H16ClN3O/c1-10-7-8-18-14(16)13(10)19-15(20)12(17)9-11-5-3-2-4-6-11/h2-8,12H,9,17H2,1H3,(H,19,20). The van der Waals surface area contributed by atoms with E-state index in [-0.39, 0.29) is 11.1 Å². The van der Waals surface area contributed by atoms with Crippen LogP contribution in [0, 0.1) is 6.92 Å². The third-order valence-electron chi connectivity index (χ3n) is 3.00. The van der Waals surface area contributed by atoms with Crippen LogP contribution in [0.4, 0.5) is 5.69 Å². The number of nitrogens with one attached hydrogen (secondary N) is 1. The molecule has 0 bridgehead atoms. The topological polar surface area (TPSA) is 68.0 Å². The number of aryl methyl sites for hydroxylation is 1. The third kappa shape index (κ3) is 3.56. The maximum Gasteiger partial charge on any atom is 0.241 e. The predicted octanol–water partition coefficient (Wildman–Crippen LogP) is 2.55. The van der Waals surface area contributed by atoms with Gasteiger partial charge in [0.15, 0.2) is 5.15 Å².